The van der Waals surface area contributed by atoms with Crippen LogP contribution in [0.4, 0.5) is 0 Å². The van der Waals surface area contributed by atoms with Gasteiger partial charge >= 0.3 is 0 Å². The van der Waals surface area contributed by atoms with Gasteiger partial charge in [-0.3, -0.25) is 0 Å². The molecule has 3 aromatic rings. The van der Waals surface area contributed by atoms with Crippen molar-refractivity contribution in [1.29, 1.82) is 0 Å². The maximum atomic E-state index is 2.25. The van der Waals surface area contributed by atoms with Crippen LogP contribution in [0.25, 0.3) is 16.0 Å². The maximum Gasteiger partial charge on any atom is 0.0485 e. The number of nitrogens with zero attached hydrogens (tertiary/aromatic N) is 1. The average molecular weight is 213 g/mol. The maximum absolute atomic E-state index is 2.25. The summed E-state index contributed by atoms with van der Waals surface area (Å²) < 4.78 is 2.18. The SMILES string of the molecule is Cc1cccn2cc(-c3cccs3)cc12. The lowest BCUT2D eigenvalue weighted by Crippen LogP contribution is -1.81. The molecule has 0 bridgehead atoms. The van der Waals surface area contributed by atoms with Crippen molar-refractivity contribution in [1.82, 2.24) is 4.40 Å². The van der Waals surface area contributed by atoms with E-state index in [1.165, 1.54) is 21.5 Å². The van der Waals surface area contributed by atoms with Gasteiger partial charge in [0, 0.05) is 28.4 Å². The van der Waals surface area contributed by atoms with Gasteiger partial charge in [-0.25, -0.2) is 0 Å². The van der Waals surface area contributed by atoms with Crippen LogP contribution in [0.3, 0.4) is 0 Å². The lowest BCUT2D eigenvalue weighted by molar-refractivity contribution is 1.18. The predicted molar refractivity (Wildman–Crippen MR) is 65.4 cm³/mol. The first-order valence-electron chi connectivity index (χ1n) is 4.96. The van der Waals surface area contributed by atoms with E-state index in [9.17, 15) is 0 Å². The first-order valence-corrected chi connectivity index (χ1v) is 5.84. The Morgan fingerprint density at radius 1 is 1.20 bits per heavy atom. The Bertz CT molecular complexity index is 590. The largest absolute Gasteiger partial charge is 0.323 e. The van der Waals surface area contributed by atoms with Crippen LogP contribution >= 0.6 is 11.3 Å². The second-order valence-corrected chi connectivity index (χ2v) is 4.64. The summed E-state index contributed by atoms with van der Waals surface area (Å²) >= 11 is 1.78. The molecule has 15 heavy (non-hydrogen) atoms. The van der Waals surface area contributed by atoms with Gasteiger partial charge in [0.1, 0.15) is 0 Å². The molecule has 0 amide bonds. The van der Waals surface area contributed by atoms with Gasteiger partial charge in [-0.2, -0.15) is 0 Å². The smallest absolute Gasteiger partial charge is 0.0485 e. The summed E-state index contributed by atoms with van der Waals surface area (Å²) in [6.07, 6.45) is 4.29. The molecular weight excluding hydrogens is 202 g/mol. The normalized spacial score (nSPS) is 11.0. The topological polar surface area (TPSA) is 4.41 Å². The van der Waals surface area contributed by atoms with Gasteiger partial charge in [0.15, 0.2) is 0 Å². The first-order chi connectivity index (χ1) is 7.34. The van der Waals surface area contributed by atoms with Crippen molar-refractivity contribution in [3.63, 3.8) is 0 Å². The Morgan fingerprint density at radius 2 is 2.13 bits per heavy atom. The number of fused-ring (bicyclic) bond motifs is 1. The Balaban J connectivity index is 2.27. The van der Waals surface area contributed by atoms with Gasteiger partial charge in [-0.05, 0) is 36.1 Å². The summed E-state index contributed by atoms with van der Waals surface area (Å²) in [7, 11) is 0. The van der Waals surface area contributed by atoms with Gasteiger partial charge in [0.25, 0.3) is 0 Å². The van der Waals surface area contributed by atoms with Crippen LogP contribution in [-0.2, 0) is 0 Å². The summed E-state index contributed by atoms with van der Waals surface area (Å²) in [4.78, 5) is 1.33. The Morgan fingerprint density at radius 3 is 2.87 bits per heavy atom. The van der Waals surface area contributed by atoms with E-state index >= 15 is 0 Å². The van der Waals surface area contributed by atoms with Gasteiger partial charge in [-0.1, -0.05) is 12.1 Å². The van der Waals surface area contributed by atoms with E-state index < -0.39 is 0 Å². The van der Waals surface area contributed by atoms with E-state index in [2.05, 4.69) is 59.4 Å². The highest BCUT2D eigenvalue weighted by Crippen LogP contribution is 2.27. The van der Waals surface area contributed by atoms with Gasteiger partial charge < -0.3 is 4.40 Å². The van der Waals surface area contributed by atoms with Crippen LogP contribution < -0.4 is 0 Å². The third-order valence-corrected chi connectivity index (χ3v) is 3.57. The molecule has 0 saturated carbocycles. The fraction of sp³-hybridized carbons (Fsp3) is 0.0769. The number of aryl methyl sites for hydroxylation is 1. The van der Waals surface area contributed by atoms with Gasteiger partial charge in [0.2, 0.25) is 0 Å². The number of rotatable bonds is 1. The molecule has 0 spiro atoms. The monoisotopic (exact) mass is 213 g/mol. The average Bonchev–Trinajstić information content (AvgIpc) is 2.86. The molecule has 0 N–H and O–H groups in total. The Labute approximate surface area is 92.6 Å². The van der Waals surface area contributed by atoms with Crippen molar-refractivity contribution in [3.8, 4) is 10.4 Å². The highest BCUT2D eigenvalue weighted by Gasteiger charge is 2.03. The molecule has 3 rings (SSSR count). The van der Waals surface area contributed by atoms with Gasteiger partial charge in [-0.15, -0.1) is 11.3 Å². The second kappa shape index (κ2) is 3.24. The molecule has 0 fully saturated rings. The number of hydrogen-bond acceptors (Lipinski definition) is 1. The summed E-state index contributed by atoms with van der Waals surface area (Å²) in [6, 6.07) is 10.7. The minimum Gasteiger partial charge on any atom is -0.323 e. The van der Waals surface area contributed by atoms with Crippen LogP contribution in [-0.4, -0.2) is 4.40 Å². The fourth-order valence-electron chi connectivity index (χ4n) is 1.86. The Kier molecular flexibility index (Phi) is 1.89. The molecule has 0 aliphatic carbocycles. The van der Waals surface area contributed by atoms with Crippen LogP contribution in [0.5, 0.6) is 0 Å². The molecule has 3 aromatic heterocycles. The van der Waals surface area contributed by atoms with Crippen LogP contribution in [0.1, 0.15) is 5.56 Å². The van der Waals surface area contributed by atoms with Crippen molar-refractivity contribution in [2.45, 2.75) is 6.92 Å². The molecule has 0 aliphatic rings. The molecule has 3 heterocycles. The van der Waals surface area contributed by atoms with E-state index in [1.54, 1.807) is 11.3 Å². The minimum atomic E-state index is 1.29. The molecule has 0 radical (unpaired) electrons. The lowest BCUT2D eigenvalue weighted by atomic mass is 10.2. The molecule has 74 valence electrons. The zero-order valence-corrected chi connectivity index (χ0v) is 9.29. The van der Waals surface area contributed by atoms with Crippen molar-refractivity contribution >= 4 is 16.9 Å². The molecule has 0 saturated heterocycles. The van der Waals surface area contributed by atoms with Gasteiger partial charge in [0.05, 0.1) is 0 Å². The summed E-state index contributed by atoms with van der Waals surface area (Å²) in [5, 5.41) is 2.12. The summed E-state index contributed by atoms with van der Waals surface area (Å²) in [5.74, 6) is 0. The third kappa shape index (κ3) is 1.38. The Hall–Kier alpha value is -1.54. The highest BCUT2D eigenvalue weighted by atomic mass is 32.1. The van der Waals surface area contributed by atoms with E-state index in [0.717, 1.165) is 0 Å². The first kappa shape index (κ1) is 8.74. The van der Waals surface area contributed by atoms with Crippen molar-refractivity contribution < 1.29 is 0 Å². The number of aromatic nitrogens is 1. The van der Waals surface area contributed by atoms with Crippen molar-refractivity contribution in [2.24, 2.45) is 0 Å². The zero-order valence-electron chi connectivity index (χ0n) is 8.47. The quantitative estimate of drug-likeness (QED) is 0.576. The van der Waals surface area contributed by atoms with E-state index in [0.29, 0.717) is 0 Å². The third-order valence-electron chi connectivity index (χ3n) is 2.65. The molecule has 1 nitrogen and oxygen atoms in total. The molecule has 0 aliphatic heterocycles. The highest BCUT2D eigenvalue weighted by molar-refractivity contribution is 7.13. The predicted octanol–water partition coefficient (Wildman–Crippen LogP) is 3.98. The number of hydrogen-bond donors (Lipinski definition) is 0. The molecule has 2 heteroatoms. The van der Waals surface area contributed by atoms with Crippen LogP contribution in [0.2, 0.25) is 0 Å². The number of thiophene rings is 1. The summed E-state index contributed by atoms with van der Waals surface area (Å²) in [5.41, 5.74) is 3.92. The standard InChI is InChI=1S/C13H11NS/c1-10-4-2-6-14-9-11(8-12(10)14)13-5-3-7-15-13/h2-9H,1H3. The second-order valence-electron chi connectivity index (χ2n) is 3.69. The van der Waals surface area contributed by atoms with Crippen LogP contribution in [0.15, 0.2) is 48.1 Å². The van der Waals surface area contributed by atoms with Crippen molar-refractivity contribution in [3.05, 3.63) is 53.7 Å². The van der Waals surface area contributed by atoms with E-state index in [1.807, 2.05) is 0 Å². The zero-order chi connectivity index (χ0) is 10.3. The van der Waals surface area contributed by atoms with Crippen LogP contribution in [0, 0.1) is 6.92 Å². The molecular formula is C13H11NS. The molecule has 0 unspecified atom stereocenters. The van der Waals surface area contributed by atoms with E-state index in [-0.39, 0.29) is 0 Å². The fourth-order valence-corrected chi connectivity index (χ4v) is 2.57. The number of pyridine rings is 1. The lowest BCUT2D eigenvalue weighted by Gasteiger charge is -1.95. The summed E-state index contributed by atoms with van der Waals surface area (Å²) in [6.45, 7) is 2.15. The van der Waals surface area contributed by atoms with Crippen molar-refractivity contribution in [2.75, 3.05) is 0 Å². The van der Waals surface area contributed by atoms with E-state index in [4.69, 9.17) is 0 Å². The molecule has 0 atom stereocenters. The molecule has 0 aromatic carbocycles. The minimum absolute atomic E-state index is 1.29.